The average Bonchev–Trinajstić information content (AvgIpc) is 2.74. The summed E-state index contributed by atoms with van der Waals surface area (Å²) in [5.41, 5.74) is 0. The van der Waals surface area contributed by atoms with Crippen LogP contribution >= 0.6 is 0 Å². The van der Waals surface area contributed by atoms with Crippen molar-refractivity contribution >= 4 is 11.8 Å². The summed E-state index contributed by atoms with van der Waals surface area (Å²) >= 11 is 0. The zero-order valence-corrected chi connectivity index (χ0v) is 10.9. The van der Waals surface area contributed by atoms with E-state index < -0.39 is 0 Å². The molecule has 1 heterocycles. The van der Waals surface area contributed by atoms with E-state index in [0.29, 0.717) is 6.54 Å². The molecule has 1 atom stereocenters. The van der Waals surface area contributed by atoms with Crippen LogP contribution in [-0.4, -0.2) is 48.6 Å². The van der Waals surface area contributed by atoms with Crippen LogP contribution < -0.4 is 5.32 Å². The fourth-order valence-corrected chi connectivity index (χ4v) is 1.90. The zero-order chi connectivity index (χ0) is 12.8. The Balaban J connectivity index is 2.29. The maximum Gasteiger partial charge on any atom is 0.239 e. The molecule has 5 heteroatoms. The smallest absolute Gasteiger partial charge is 0.239 e. The number of nitrogens with zero attached hydrogens (tertiary/aromatic N) is 1. The zero-order valence-electron chi connectivity index (χ0n) is 10.9. The van der Waals surface area contributed by atoms with Gasteiger partial charge in [-0.3, -0.25) is 9.59 Å². The van der Waals surface area contributed by atoms with E-state index in [1.165, 1.54) is 6.92 Å². The third kappa shape index (κ3) is 4.73. The summed E-state index contributed by atoms with van der Waals surface area (Å²) in [6.45, 7) is 6.73. The molecule has 1 unspecified atom stereocenters. The van der Waals surface area contributed by atoms with Gasteiger partial charge in [-0.15, -0.1) is 0 Å². The standard InChI is InChI=1S/C12H22N2O3/c1-9(2)14(10(3)15)8-12(16)13-7-11-5-4-6-17-11/h9,11H,4-8H2,1-3H3,(H,13,16). The van der Waals surface area contributed by atoms with Gasteiger partial charge in [0.2, 0.25) is 11.8 Å². The van der Waals surface area contributed by atoms with Crippen molar-refractivity contribution in [3.05, 3.63) is 0 Å². The number of amides is 2. The summed E-state index contributed by atoms with van der Waals surface area (Å²) in [7, 11) is 0. The lowest BCUT2D eigenvalue weighted by Gasteiger charge is -2.24. The number of hydrogen-bond donors (Lipinski definition) is 1. The van der Waals surface area contributed by atoms with Gasteiger partial charge in [0.25, 0.3) is 0 Å². The molecule has 1 saturated heterocycles. The Morgan fingerprint density at radius 3 is 2.65 bits per heavy atom. The molecule has 1 rings (SSSR count). The average molecular weight is 242 g/mol. The summed E-state index contributed by atoms with van der Waals surface area (Å²) in [5.74, 6) is -0.198. The highest BCUT2D eigenvalue weighted by Gasteiger charge is 2.19. The Morgan fingerprint density at radius 1 is 1.47 bits per heavy atom. The van der Waals surface area contributed by atoms with E-state index in [0.717, 1.165) is 19.4 Å². The molecule has 0 aromatic carbocycles. The summed E-state index contributed by atoms with van der Waals surface area (Å²) in [4.78, 5) is 24.5. The summed E-state index contributed by atoms with van der Waals surface area (Å²) in [6, 6.07) is 0.0426. The predicted octanol–water partition coefficient (Wildman–Crippen LogP) is 0.539. The van der Waals surface area contributed by atoms with E-state index in [9.17, 15) is 9.59 Å². The quantitative estimate of drug-likeness (QED) is 0.765. The van der Waals surface area contributed by atoms with Gasteiger partial charge in [0.05, 0.1) is 12.6 Å². The van der Waals surface area contributed by atoms with Crippen LogP contribution in [0.5, 0.6) is 0 Å². The number of ether oxygens (including phenoxy) is 1. The molecule has 0 radical (unpaired) electrons. The SMILES string of the molecule is CC(=O)N(CC(=O)NCC1CCCO1)C(C)C. The molecule has 0 aromatic heterocycles. The Morgan fingerprint density at radius 2 is 2.18 bits per heavy atom. The first-order chi connectivity index (χ1) is 8.00. The lowest BCUT2D eigenvalue weighted by Crippen LogP contribution is -2.44. The van der Waals surface area contributed by atoms with Gasteiger partial charge in [0, 0.05) is 26.1 Å². The highest BCUT2D eigenvalue weighted by atomic mass is 16.5. The molecule has 1 fully saturated rings. The third-order valence-corrected chi connectivity index (χ3v) is 2.89. The first kappa shape index (κ1) is 14.0. The minimum Gasteiger partial charge on any atom is -0.376 e. The van der Waals surface area contributed by atoms with Crippen molar-refractivity contribution in [1.29, 1.82) is 0 Å². The summed E-state index contributed by atoms with van der Waals surface area (Å²) < 4.78 is 5.41. The van der Waals surface area contributed by atoms with Gasteiger partial charge in [-0.2, -0.15) is 0 Å². The van der Waals surface area contributed by atoms with Crippen molar-refractivity contribution in [3.63, 3.8) is 0 Å². The summed E-state index contributed by atoms with van der Waals surface area (Å²) in [5, 5.41) is 2.81. The molecule has 1 aliphatic rings. The molecule has 98 valence electrons. The third-order valence-electron chi connectivity index (χ3n) is 2.89. The molecule has 0 aromatic rings. The molecule has 0 saturated carbocycles. The van der Waals surface area contributed by atoms with Crippen molar-refractivity contribution in [2.24, 2.45) is 0 Å². The Labute approximate surface area is 102 Å². The monoisotopic (exact) mass is 242 g/mol. The van der Waals surface area contributed by atoms with Crippen molar-refractivity contribution < 1.29 is 14.3 Å². The Kier molecular flexibility index (Phi) is 5.41. The number of hydrogen-bond acceptors (Lipinski definition) is 3. The van der Waals surface area contributed by atoms with Crippen LogP contribution in [0.25, 0.3) is 0 Å². The van der Waals surface area contributed by atoms with Crippen molar-refractivity contribution in [1.82, 2.24) is 10.2 Å². The molecule has 1 aliphatic heterocycles. The van der Waals surface area contributed by atoms with Gasteiger partial charge in [-0.05, 0) is 26.7 Å². The van der Waals surface area contributed by atoms with Crippen LogP contribution in [0, 0.1) is 0 Å². The Bertz CT molecular complexity index is 273. The van der Waals surface area contributed by atoms with Gasteiger partial charge in [-0.1, -0.05) is 0 Å². The molecule has 17 heavy (non-hydrogen) atoms. The topological polar surface area (TPSA) is 58.6 Å². The lowest BCUT2D eigenvalue weighted by molar-refractivity contribution is -0.136. The van der Waals surface area contributed by atoms with E-state index in [4.69, 9.17) is 4.74 Å². The first-order valence-electron chi connectivity index (χ1n) is 6.16. The number of nitrogens with one attached hydrogen (secondary N) is 1. The summed E-state index contributed by atoms with van der Waals surface area (Å²) in [6.07, 6.45) is 2.20. The molecule has 5 nitrogen and oxygen atoms in total. The van der Waals surface area contributed by atoms with Gasteiger partial charge < -0.3 is 15.0 Å². The van der Waals surface area contributed by atoms with Crippen LogP contribution in [0.4, 0.5) is 0 Å². The fourth-order valence-electron chi connectivity index (χ4n) is 1.90. The largest absolute Gasteiger partial charge is 0.376 e. The minimum absolute atomic E-state index is 0.0426. The maximum absolute atomic E-state index is 11.7. The van der Waals surface area contributed by atoms with Crippen LogP contribution in [0.3, 0.4) is 0 Å². The second kappa shape index (κ2) is 6.59. The van der Waals surface area contributed by atoms with E-state index in [2.05, 4.69) is 5.32 Å². The van der Waals surface area contributed by atoms with E-state index in [-0.39, 0.29) is 30.5 Å². The van der Waals surface area contributed by atoms with Crippen LogP contribution in [0.15, 0.2) is 0 Å². The molecule has 0 bridgehead atoms. The lowest BCUT2D eigenvalue weighted by atomic mass is 10.2. The molecular formula is C12H22N2O3. The molecular weight excluding hydrogens is 220 g/mol. The second-order valence-corrected chi connectivity index (χ2v) is 4.68. The van der Waals surface area contributed by atoms with E-state index in [1.807, 2.05) is 13.8 Å². The number of carbonyl (C=O) groups excluding carboxylic acids is 2. The van der Waals surface area contributed by atoms with E-state index >= 15 is 0 Å². The molecule has 1 N–H and O–H groups in total. The highest BCUT2D eigenvalue weighted by Crippen LogP contribution is 2.10. The normalized spacial score (nSPS) is 19.4. The minimum atomic E-state index is -0.121. The van der Waals surface area contributed by atoms with Crippen LogP contribution in [-0.2, 0) is 14.3 Å². The van der Waals surface area contributed by atoms with Crippen molar-refractivity contribution in [3.8, 4) is 0 Å². The van der Waals surface area contributed by atoms with E-state index in [1.54, 1.807) is 4.90 Å². The second-order valence-electron chi connectivity index (χ2n) is 4.68. The molecule has 0 spiro atoms. The molecule has 0 aliphatic carbocycles. The van der Waals surface area contributed by atoms with Gasteiger partial charge in [-0.25, -0.2) is 0 Å². The van der Waals surface area contributed by atoms with Gasteiger partial charge >= 0.3 is 0 Å². The van der Waals surface area contributed by atoms with Crippen LogP contribution in [0.1, 0.15) is 33.6 Å². The fraction of sp³-hybridized carbons (Fsp3) is 0.833. The molecule has 2 amide bonds. The Hall–Kier alpha value is -1.10. The maximum atomic E-state index is 11.7. The highest BCUT2D eigenvalue weighted by molar-refractivity contribution is 5.83. The number of carbonyl (C=O) groups is 2. The van der Waals surface area contributed by atoms with Crippen molar-refractivity contribution in [2.75, 3.05) is 19.7 Å². The van der Waals surface area contributed by atoms with Gasteiger partial charge in [0.15, 0.2) is 0 Å². The van der Waals surface area contributed by atoms with Gasteiger partial charge in [0.1, 0.15) is 0 Å². The number of rotatable bonds is 5. The predicted molar refractivity (Wildman–Crippen MR) is 64.5 cm³/mol. The first-order valence-corrected chi connectivity index (χ1v) is 6.16. The van der Waals surface area contributed by atoms with Crippen LogP contribution in [0.2, 0.25) is 0 Å². The van der Waals surface area contributed by atoms with Crippen molar-refractivity contribution in [2.45, 2.75) is 45.8 Å².